The SMILES string of the molecule is CC(C)O.Clc1ncc2cc(Br)ccc2n1. The highest BCUT2D eigenvalue weighted by Crippen LogP contribution is 2.18. The molecule has 0 aliphatic carbocycles. The maximum atomic E-state index is 8.06. The summed E-state index contributed by atoms with van der Waals surface area (Å²) in [6, 6.07) is 5.77. The molecule has 0 atom stereocenters. The van der Waals surface area contributed by atoms with Gasteiger partial charge in [0.2, 0.25) is 5.28 Å². The Labute approximate surface area is 108 Å². The van der Waals surface area contributed by atoms with Crippen molar-refractivity contribution in [3.8, 4) is 0 Å². The summed E-state index contributed by atoms with van der Waals surface area (Å²) in [5, 5.41) is 9.32. The van der Waals surface area contributed by atoms with Crippen molar-refractivity contribution in [2.45, 2.75) is 20.0 Å². The van der Waals surface area contributed by atoms with Crippen molar-refractivity contribution in [3.05, 3.63) is 34.2 Å². The Morgan fingerprint density at radius 1 is 1.38 bits per heavy atom. The summed E-state index contributed by atoms with van der Waals surface area (Å²) >= 11 is 8.99. The number of hydrogen-bond acceptors (Lipinski definition) is 3. The van der Waals surface area contributed by atoms with Crippen LogP contribution in [0.5, 0.6) is 0 Å². The Bertz CT molecular complexity index is 432. The third kappa shape index (κ3) is 4.43. The molecule has 1 heterocycles. The average Bonchev–Trinajstić information content (AvgIpc) is 2.17. The number of aliphatic hydroxyl groups is 1. The second kappa shape index (κ2) is 6.13. The van der Waals surface area contributed by atoms with E-state index in [1.807, 2.05) is 18.2 Å². The number of aliphatic hydroxyl groups excluding tert-OH is 1. The fraction of sp³-hybridized carbons (Fsp3) is 0.273. The van der Waals surface area contributed by atoms with Gasteiger partial charge >= 0.3 is 0 Å². The molecule has 0 saturated carbocycles. The Hall–Kier alpha value is -0.710. The zero-order valence-corrected chi connectivity index (χ0v) is 11.3. The number of halogens is 2. The van der Waals surface area contributed by atoms with Gasteiger partial charge in [0.05, 0.1) is 5.52 Å². The summed E-state index contributed by atoms with van der Waals surface area (Å²) in [6.07, 6.45) is 1.54. The Morgan fingerprint density at radius 2 is 2.00 bits per heavy atom. The Balaban J connectivity index is 0.000000280. The summed E-state index contributed by atoms with van der Waals surface area (Å²) in [7, 11) is 0. The number of fused-ring (bicyclic) bond motifs is 1. The predicted molar refractivity (Wildman–Crippen MR) is 69.6 cm³/mol. The first kappa shape index (κ1) is 13.4. The monoisotopic (exact) mass is 302 g/mol. The van der Waals surface area contributed by atoms with Crippen molar-refractivity contribution in [3.63, 3.8) is 0 Å². The van der Waals surface area contributed by atoms with Crippen LogP contribution in [-0.4, -0.2) is 21.2 Å². The molecule has 0 bridgehead atoms. The van der Waals surface area contributed by atoms with Gasteiger partial charge in [0.15, 0.2) is 0 Å². The fourth-order valence-corrected chi connectivity index (χ4v) is 1.50. The van der Waals surface area contributed by atoms with Crippen LogP contribution in [0, 0.1) is 0 Å². The molecule has 0 amide bonds. The minimum absolute atomic E-state index is 0.167. The van der Waals surface area contributed by atoms with Gasteiger partial charge in [-0.1, -0.05) is 15.9 Å². The summed E-state index contributed by atoms with van der Waals surface area (Å²) < 4.78 is 1.01. The molecule has 1 aromatic carbocycles. The van der Waals surface area contributed by atoms with Crippen LogP contribution in [0.25, 0.3) is 10.9 Å². The fourth-order valence-electron chi connectivity index (χ4n) is 0.982. The van der Waals surface area contributed by atoms with E-state index in [1.165, 1.54) is 0 Å². The molecule has 5 heteroatoms. The molecule has 3 nitrogen and oxygen atoms in total. The molecule has 0 spiro atoms. The van der Waals surface area contributed by atoms with Gasteiger partial charge in [-0.15, -0.1) is 0 Å². The topological polar surface area (TPSA) is 46.0 Å². The zero-order valence-electron chi connectivity index (χ0n) is 8.98. The van der Waals surface area contributed by atoms with E-state index >= 15 is 0 Å². The van der Waals surface area contributed by atoms with Crippen molar-refractivity contribution in [1.29, 1.82) is 0 Å². The van der Waals surface area contributed by atoms with Crippen LogP contribution in [0.3, 0.4) is 0 Å². The van der Waals surface area contributed by atoms with Crippen molar-refractivity contribution in [1.82, 2.24) is 9.97 Å². The van der Waals surface area contributed by atoms with Crippen molar-refractivity contribution in [2.24, 2.45) is 0 Å². The highest BCUT2D eigenvalue weighted by molar-refractivity contribution is 9.10. The van der Waals surface area contributed by atoms with Gasteiger partial charge in [0.1, 0.15) is 0 Å². The summed E-state index contributed by atoms with van der Waals surface area (Å²) in [5.41, 5.74) is 0.859. The van der Waals surface area contributed by atoms with Crippen LogP contribution in [0.2, 0.25) is 5.28 Å². The summed E-state index contributed by atoms with van der Waals surface area (Å²) in [4.78, 5) is 7.93. The highest BCUT2D eigenvalue weighted by atomic mass is 79.9. The van der Waals surface area contributed by atoms with Crippen LogP contribution in [-0.2, 0) is 0 Å². The molecule has 0 unspecified atom stereocenters. The lowest BCUT2D eigenvalue weighted by atomic mass is 10.2. The number of nitrogens with zero attached hydrogens (tertiary/aromatic N) is 2. The molecule has 1 N–H and O–H groups in total. The maximum absolute atomic E-state index is 8.06. The first-order valence-electron chi connectivity index (χ1n) is 4.75. The van der Waals surface area contributed by atoms with Gasteiger partial charge in [-0.2, -0.15) is 0 Å². The molecular formula is C11H12BrClN2O. The van der Waals surface area contributed by atoms with Crippen LogP contribution in [0.15, 0.2) is 28.9 Å². The lowest BCUT2D eigenvalue weighted by Gasteiger charge is -1.96. The van der Waals surface area contributed by atoms with Crippen LogP contribution >= 0.6 is 27.5 Å². The summed E-state index contributed by atoms with van der Waals surface area (Å²) in [5.74, 6) is 0. The van der Waals surface area contributed by atoms with Gasteiger partial charge < -0.3 is 5.11 Å². The molecule has 0 fully saturated rings. The first-order chi connectivity index (χ1) is 7.49. The third-order valence-corrected chi connectivity index (χ3v) is 2.19. The molecule has 0 saturated heterocycles. The van der Waals surface area contributed by atoms with E-state index in [4.69, 9.17) is 16.7 Å². The Morgan fingerprint density at radius 3 is 2.62 bits per heavy atom. The lowest BCUT2D eigenvalue weighted by molar-refractivity contribution is 0.216. The standard InChI is InChI=1S/C8H4BrClN2.C3H8O/c9-6-1-2-7-5(3-6)4-11-8(10)12-7;1-3(2)4/h1-4H;3-4H,1-2H3. The van der Waals surface area contributed by atoms with E-state index in [-0.39, 0.29) is 11.4 Å². The number of aromatic nitrogens is 2. The first-order valence-corrected chi connectivity index (χ1v) is 5.92. The Kier molecular flexibility index (Phi) is 5.12. The smallest absolute Gasteiger partial charge is 0.222 e. The van der Waals surface area contributed by atoms with Crippen LogP contribution in [0.1, 0.15) is 13.8 Å². The van der Waals surface area contributed by atoms with Crippen LogP contribution < -0.4 is 0 Å². The largest absolute Gasteiger partial charge is 0.394 e. The minimum Gasteiger partial charge on any atom is -0.394 e. The molecule has 2 rings (SSSR count). The number of benzene rings is 1. The van der Waals surface area contributed by atoms with E-state index in [2.05, 4.69) is 25.9 Å². The average molecular weight is 304 g/mol. The molecular weight excluding hydrogens is 291 g/mol. The van der Waals surface area contributed by atoms with E-state index < -0.39 is 0 Å². The highest BCUT2D eigenvalue weighted by Gasteiger charge is 1.96. The molecule has 86 valence electrons. The van der Waals surface area contributed by atoms with Gasteiger partial charge in [-0.3, -0.25) is 0 Å². The van der Waals surface area contributed by atoms with E-state index in [0.717, 1.165) is 15.4 Å². The second-order valence-electron chi connectivity index (χ2n) is 3.44. The molecule has 16 heavy (non-hydrogen) atoms. The maximum Gasteiger partial charge on any atom is 0.222 e. The van der Waals surface area contributed by atoms with Crippen molar-refractivity contribution < 1.29 is 5.11 Å². The van der Waals surface area contributed by atoms with E-state index in [1.54, 1.807) is 20.0 Å². The van der Waals surface area contributed by atoms with Gasteiger partial charge in [0, 0.05) is 22.2 Å². The lowest BCUT2D eigenvalue weighted by Crippen LogP contribution is -1.85. The quantitative estimate of drug-likeness (QED) is 0.758. The van der Waals surface area contributed by atoms with Gasteiger partial charge in [0.25, 0.3) is 0 Å². The molecule has 1 aromatic heterocycles. The predicted octanol–water partition coefficient (Wildman–Crippen LogP) is 3.43. The minimum atomic E-state index is -0.167. The number of hydrogen-bond donors (Lipinski definition) is 1. The zero-order chi connectivity index (χ0) is 12.1. The van der Waals surface area contributed by atoms with E-state index in [9.17, 15) is 0 Å². The second-order valence-corrected chi connectivity index (χ2v) is 4.69. The van der Waals surface area contributed by atoms with E-state index in [0.29, 0.717) is 0 Å². The summed E-state index contributed by atoms with van der Waals surface area (Å²) in [6.45, 7) is 3.44. The normalized spacial score (nSPS) is 10.1. The molecule has 0 radical (unpaired) electrons. The number of rotatable bonds is 0. The molecule has 0 aliphatic rings. The van der Waals surface area contributed by atoms with Crippen molar-refractivity contribution >= 4 is 38.4 Å². The molecule has 2 aromatic rings. The van der Waals surface area contributed by atoms with Gasteiger partial charge in [-0.25, -0.2) is 9.97 Å². The van der Waals surface area contributed by atoms with Crippen molar-refractivity contribution in [2.75, 3.05) is 0 Å². The van der Waals surface area contributed by atoms with Gasteiger partial charge in [-0.05, 0) is 43.6 Å². The third-order valence-electron chi connectivity index (χ3n) is 1.51. The van der Waals surface area contributed by atoms with Crippen LogP contribution in [0.4, 0.5) is 0 Å². The molecule has 0 aliphatic heterocycles.